The summed E-state index contributed by atoms with van der Waals surface area (Å²) in [5, 5.41) is 0.893. The van der Waals surface area contributed by atoms with Gasteiger partial charge in [-0.1, -0.05) is 31.4 Å². The highest BCUT2D eigenvalue weighted by Crippen LogP contribution is 2.36. The van der Waals surface area contributed by atoms with Crippen LogP contribution in [0.4, 0.5) is 4.39 Å². The Hall–Kier alpha value is -1.02. The van der Waals surface area contributed by atoms with Crippen molar-refractivity contribution >= 4 is 10.0 Å². The number of hydroxylamine groups is 2. The molecule has 1 aliphatic carbocycles. The molecule has 0 unspecified atom stereocenters. The molecular formula is C17H25FN2O3S. The van der Waals surface area contributed by atoms with Gasteiger partial charge in [0.1, 0.15) is 11.1 Å². The minimum atomic E-state index is -3.51. The predicted molar refractivity (Wildman–Crippen MR) is 90.2 cm³/mol. The van der Waals surface area contributed by atoms with Gasteiger partial charge < -0.3 is 0 Å². The largest absolute Gasteiger partial charge is 0.297 e. The summed E-state index contributed by atoms with van der Waals surface area (Å²) in [6.07, 6.45) is 5.17. The molecule has 2 atom stereocenters. The highest BCUT2D eigenvalue weighted by atomic mass is 32.2. The average molecular weight is 356 g/mol. The lowest BCUT2D eigenvalue weighted by Gasteiger charge is -2.33. The van der Waals surface area contributed by atoms with E-state index in [0.29, 0.717) is 0 Å². The van der Waals surface area contributed by atoms with Gasteiger partial charge in [-0.25, -0.2) is 17.1 Å². The molecule has 0 bridgehead atoms. The Morgan fingerprint density at radius 2 is 1.79 bits per heavy atom. The fourth-order valence-electron chi connectivity index (χ4n) is 3.80. The molecule has 1 heterocycles. The van der Waals surface area contributed by atoms with Crippen LogP contribution in [0, 0.1) is 5.82 Å². The molecule has 2 aliphatic rings. The number of halogens is 1. The van der Waals surface area contributed by atoms with Crippen molar-refractivity contribution in [3.8, 4) is 0 Å². The fraction of sp³-hybridized carbons (Fsp3) is 0.647. The van der Waals surface area contributed by atoms with Gasteiger partial charge in [0, 0.05) is 20.1 Å². The van der Waals surface area contributed by atoms with Crippen molar-refractivity contribution in [2.45, 2.75) is 49.4 Å². The van der Waals surface area contributed by atoms with Crippen LogP contribution in [-0.4, -0.2) is 49.8 Å². The van der Waals surface area contributed by atoms with E-state index in [2.05, 4.69) is 0 Å². The number of hydrogen-bond donors (Lipinski definition) is 0. The van der Waals surface area contributed by atoms with Gasteiger partial charge in [0.2, 0.25) is 10.0 Å². The number of nitrogens with zero attached hydrogens (tertiary/aromatic N) is 2. The lowest BCUT2D eigenvalue weighted by molar-refractivity contribution is -0.110. The summed E-state index contributed by atoms with van der Waals surface area (Å²) in [4.78, 5) is 5.52. The maximum absolute atomic E-state index is 13.2. The molecule has 1 aromatic carbocycles. The molecule has 3 rings (SSSR count). The Balaban J connectivity index is 1.86. The van der Waals surface area contributed by atoms with E-state index >= 15 is 0 Å². The van der Waals surface area contributed by atoms with E-state index in [-0.39, 0.29) is 18.5 Å². The highest BCUT2D eigenvalue weighted by molar-refractivity contribution is 7.89. The maximum Gasteiger partial charge on any atom is 0.221 e. The van der Waals surface area contributed by atoms with Crippen LogP contribution in [0.2, 0.25) is 0 Å². The zero-order chi connectivity index (χ0) is 17.3. The molecule has 0 N–H and O–H groups in total. The van der Waals surface area contributed by atoms with Gasteiger partial charge >= 0.3 is 0 Å². The molecule has 2 fully saturated rings. The summed E-state index contributed by atoms with van der Waals surface area (Å²) >= 11 is 0. The normalized spacial score (nSPS) is 27.0. The lowest BCUT2D eigenvalue weighted by atomic mass is 9.96. The van der Waals surface area contributed by atoms with Gasteiger partial charge in [-0.2, -0.15) is 5.06 Å². The second-order valence-electron chi connectivity index (χ2n) is 6.73. The van der Waals surface area contributed by atoms with Crippen molar-refractivity contribution in [1.82, 2.24) is 9.37 Å². The molecule has 5 nitrogen and oxygen atoms in total. The van der Waals surface area contributed by atoms with Gasteiger partial charge in [0.05, 0.1) is 12.6 Å². The van der Waals surface area contributed by atoms with E-state index in [9.17, 15) is 12.8 Å². The van der Waals surface area contributed by atoms with Crippen molar-refractivity contribution < 1.29 is 17.6 Å². The topological polar surface area (TPSA) is 49.9 Å². The smallest absolute Gasteiger partial charge is 0.221 e. The van der Waals surface area contributed by atoms with Crippen molar-refractivity contribution in [1.29, 1.82) is 0 Å². The Morgan fingerprint density at radius 3 is 2.42 bits per heavy atom. The second-order valence-corrected chi connectivity index (χ2v) is 8.94. The minimum Gasteiger partial charge on any atom is -0.297 e. The van der Waals surface area contributed by atoms with Crippen molar-refractivity contribution in [2.75, 3.05) is 20.7 Å². The van der Waals surface area contributed by atoms with Crippen LogP contribution in [0.5, 0.6) is 0 Å². The van der Waals surface area contributed by atoms with Crippen LogP contribution in [0.1, 0.15) is 43.7 Å². The number of hydrogen-bond acceptors (Lipinski definition) is 4. The van der Waals surface area contributed by atoms with E-state index in [0.717, 1.165) is 31.2 Å². The summed E-state index contributed by atoms with van der Waals surface area (Å²) < 4.78 is 41.1. The quantitative estimate of drug-likeness (QED) is 0.832. The Morgan fingerprint density at radius 1 is 1.17 bits per heavy atom. The van der Waals surface area contributed by atoms with E-state index in [1.165, 1.54) is 18.6 Å². The third-order valence-corrected chi connectivity index (χ3v) is 7.53. The SMILES string of the molecule is CN1OC[C@@H](S(=O)(=O)N(C)C2CCCCC2)[C@H]1c1ccc(F)cc1. The fourth-order valence-corrected chi connectivity index (χ4v) is 5.74. The minimum absolute atomic E-state index is 0.0727. The third-order valence-electron chi connectivity index (χ3n) is 5.27. The molecule has 0 aromatic heterocycles. The molecule has 1 saturated carbocycles. The van der Waals surface area contributed by atoms with Crippen LogP contribution < -0.4 is 0 Å². The Labute approximate surface area is 143 Å². The number of benzene rings is 1. The van der Waals surface area contributed by atoms with E-state index < -0.39 is 21.3 Å². The predicted octanol–water partition coefficient (Wildman–Crippen LogP) is 2.71. The lowest BCUT2D eigenvalue weighted by Crippen LogP contribution is -2.45. The standard InChI is InChI=1S/C17H25FN2O3S/c1-19-17(13-8-10-14(18)11-9-13)16(12-23-19)24(21,22)20(2)15-6-4-3-5-7-15/h8-11,15-17H,3-7,12H2,1-2H3/t16-,17-/m1/s1. The molecule has 24 heavy (non-hydrogen) atoms. The van der Waals surface area contributed by atoms with Crippen LogP contribution in [0.25, 0.3) is 0 Å². The van der Waals surface area contributed by atoms with Crippen LogP contribution in [0.15, 0.2) is 24.3 Å². The first-order valence-corrected chi connectivity index (χ1v) is 9.99. The number of rotatable bonds is 4. The first-order valence-electron chi connectivity index (χ1n) is 8.49. The summed E-state index contributed by atoms with van der Waals surface area (Å²) in [5.41, 5.74) is 0.752. The Kier molecular flexibility index (Phi) is 5.24. The first-order chi connectivity index (χ1) is 11.4. The monoisotopic (exact) mass is 356 g/mol. The van der Waals surface area contributed by atoms with Crippen LogP contribution in [-0.2, 0) is 14.9 Å². The molecule has 1 aromatic rings. The van der Waals surface area contributed by atoms with Crippen LogP contribution in [0.3, 0.4) is 0 Å². The second kappa shape index (κ2) is 7.07. The van der Waals surface area contributed by atoms with E-state index in [4.69, 9.17) is 4.84 Å². The van der Waals surface area contributed by atoms with Gasteiger partial charge in [0.25, 0.3) is 0 Å². The molecule has 134 valence electrons. The zero-order valence-electron chi connectivity index (χ0n) is 14.2. The number of sulfonamides is 1. The van der Waals surface area contributed by atoms with Gasteiger partial charge in [-0.3, -0.25) is 4.84 Å². The summed E-state index contributed by atoms with van der Waals surface area (Å²) in [7, 11) is -0.0936. The summed E-state index contributed by atoms with van der Waals surface area (Å²) in [6, 6.07) is 5.62. The average Bonchev–Trinajstić information content (AvgIpc) is 2.98. The third kappa shape index (κ3) is 3.35. The summed E-state index contributed by atoms with van der Waals surface area (Å²) in [5.74, 6) is -0.334. The van der Waals surface area contributed by atoms with Crippen molar-refractivity contribution in [2.24, 2.45) is 0 Å². The molecule has 0 amide bonds. The molecule has 1 aliphatic heterocycles. The van der Waals surface area contributed by atoms with E-state index in [1.807, 2.05) is 0 Å². The van der Waals surface area contributed by atoms with E-state index in [1.54, 1.807) is 35.6 Å². The molecular weight excluding hydrogens is 331 g/mol. The van der Waals surface area contributed by atoms with Crippen molar-refractivity contribution in [3.05, 3.63) is 35.6 Å². The van der Waals surface area contributed by atoms with Gasteiger partial charge in [-0.15, -0.1) is 0 Å². The van der Waals surface area contributed by atoms with Crippen molar-refractivity contribution in [3.63, 3.8) is 0 Å². The van der Waals surface area contributed by atoms with Gasteiger partial charge in [0.15, 0.2) is 0 Å². The van der Waals surface area contributed by atoms with Crippen LogP contribution >= 0.6 is 0 Å². The first kappa shape index (κ1) is 17.8. The maximum atomic E-state index is 13.2. The molecule has 0 radical (unpaired) electrons. The Bertz CT molecular complexity index is 659. The highest BCUT2D eigenvalue weighted by Gasteiger charge is 2.46. The van der Waals surface area contributed by atoms with Gasteiger partial charge in [-0.05, 0) is 30.5 Å². The molecule has 7 heteroatoms. The molecule has 1 saturated heterocycles. The molecule has 0 spiro atoms. The zero-order valence-corrected chi connectivity index (χ0v) is 15.0. The summed E-state index contributed by atoms with van der Waals surface area (Å²) in [6.45, 7) is 0.123.